The molecule has 1 fully saturated rings. The average molecular weight is 312 g/mol. The van der Waals surface area contributed by atoms with Gasteiger partial charge in [-0.2, -0.15) is 0 Å². The predicted octanol–water partition coefficient (Wildman–Crippen LogP) is 2.77. The van der Waals surface area contributed by atoms with Crippen LogP contribution < -0.4 is 5.32 Å². The maximum Gasteiger partial charge on any atom is 0.409 e. The zero-order valence-corrected chi connectivity index (χ0v) is 12.3. The Morgan fingerprint density at radius 1 is 1.27 bits per heavy atom. The van der Waals surface area contributed by atoms with Crippen LogP contribution in [0.4, 0.5) is 19.3 Å². The molecule has 1 aromatic rings. The second-order valence-electron chi connectivity index (χ2n) is 5.08. The SMILES string of the molecule is CCOC(=O)N1CCC(C(=O)Nc2ccc(F)c(F)c2)CC1. The van der Waals surface area contributed by atoms with Crippen LogP contribution >= 0.6 is 0 Å². The molecule has 1 saturated heterocycles. The largest absolute Gasteiger partial charge is 0.450 e. The van der Waals surface area contributed by atoms with Gasteiger partial charge in [0.1, 0.15) is 0 Å². The van der Waals surface area contributed by atoms with Crippen LogP contribution in [0.2, 0.25) is 0 Å². The van der Waals surface area contributed by atoms with E-state index >= 15 is 0 Å². The molecule has 0 radical (unpaired) electrons. The van der Waals surface area contributed by atoms with Crippen LogP contribution in [0.5, 0.6) is 0 Å². The maximum atomic E-state index is 13.1. The van der Waals surface area contributed by atoms with Gasteiger partial charge in [-0.1, -0.05) is 0 Å². The molecule has 0 aliphatic carbocycles. The van der Waals surface area contributed by atoms with Gasteiger partial charge in [-0.15, -0.1) is 0 Å². The molecule has 0 spiro atoms. The molecule has 1 heterocycles. The topological polar surface area (TPSA) is 58.6 Å². The van der Waals surface area contributed by atoms with Crippen molar-refractivity contribution >= 4 is 17.7 Å². The van der Waals surface area contributed by atoms with Crippen molar-refractivity contribution in [1.82, 2.24) is 4.90 Å². The fourth-order valence-electron chi connectivity index (χ4n) is 2.36. The molecule has 0 bridgehead atoms. The summed E-state index contributed by atoms with van der Waals surface area (Å²) in [5, 5.41) is 2.57. The number of likely N-dealkylation sites (tertiary alicyclic amines) is 1. The van der Waals surface area contributed by atoms with Crippen LogP contribution in [-0.2, 0) is 9.53 Å². The van der Waals surface area contributed by atoms with Crippen LogP contribution in [0.3, 0.4) is 0 Å². The Balaban J connectivity index is 1.87. The van der Waals surface area contributed by atoms with Crippen LogP contribution in [0.15, 0.2) is 18.2 Å². The normalized spacial score (nSPS) is 15.5. The van der Waals surface area contributed by atoms with Gasteiger partial charge in [-0.05, 0) is 31.9 Å². The molecular weight excluding hydrogens is 294 g/mol. The first-order valence-electron chi connectivity index (χ1n) is 7.19. The molecule has 0 aromatic heterocycles. The zero-order chi connectivity index (χ0) is 16.1. The van der Waals surface area contributed by atoms with Crippen molar-refractivity contribution in [3.8, 4) is 0 Å². The summed E-state index contributed by atoms with van der Waals surface area (Å²) in [7, 11) is 0. The highest BCUT2D eigenvalue weighted by Crippen LogP contribution is 2.21. The first-order chi connectivity index (χ1) is 10.5. The number of carbonyl (C=O) groups excluding carboxylic acids is 2. The van der Waals surface area contributed by atoms with Crippen molar-refractivity contribution in [2.75, 3.05) is 25.0 Å². The summed E-state index contributed by atoms with van der Waals surface area (Å²) < 4.78 is 30.8. The number of amides is 2. The van der Waals surface area contributed by atoms with Gasteiger partial charge in [-0.3, -0.25) is 4.79 Å². The summed E-state index contributed by atoms with van der Waals surface area (Å²) in [4.78, 5) is 25.2. The number of nitrogens with one attached hydrogen (secondary N) is 1. The Hall–Kier alpha value is -2.18. The third-order valence-corrected chi connectivity index (χ3v) is 3.58. The zero-order valence-electron chi connectivity index (χ0n) is 12.3. The lowest BCUT2D eigenvalue weighted by Crippen LogP contribution is -2.41. The van der Waals surface area contributed by atoms with E-state index in [0.717, 1.165) is 12.1 Å². The molecule has 7 heteroatoms. The number of rotatable bonds is 3. The van der Waals surface area contributed by atoms with Gasteiger partial charge in [-0.25, -0.2) is 13.6 Å². The van der Waals surface area contributed by atoms with Gasteiger partial charge in [0.25, 0.3) is 0 Å². The minimum Gasteiger partial charge on any atom is -0.450 e. The summed E-state index contributed by atoms with van der Waals surface area (Å²) in [5.41, 5.74) is 0.219. The number of hydrogen-bond acceptors (Lipinski definition) is 3. The van der Waals surface area contributed by atoms with Crippen molar-refractivity contribution in [3.05, 3.63) is 29.8 Å². The molecule has 22 heavy (non-hydrogen) atoms. The van der Waals surface area contributed by atoms with Gasteiger partial charge in [0, 0.05) is 30.8 Å². The van der Waals surface area contributed by atoms with Gasteiger partial charge in [0.05, 0.1) is 6.61 Å². The third kappa shape index (κ3) is 3.93. The number of anilines is 1. The van der Waals surface area contributed by atoms with Crippen molar-refractivity contribution in [2.24, 2.45) is 5.92 Å². The highest BCUT2D eigenvalue weighted by molar-refractivity contribution is 5.92. The van der Waals surface area contributed by atoms with E-state index in [1.165, 1.54) is 6.07 Å². The summed E-state index contributed by atoms with van der Waals surface area (Å²) in [6, 6.07) is 3.22. The number of ether oxygens (including phenoxy) is 1. The van der Waals surface area contributed by atoms with E-state index in [4.69, 9.17) is 4.74 Å². The molecule has 1 N–H and O–H groups in total. The van der Waals surface area contributed by atoms with Gasteiger partial charge >= 0.3 is 6.09 Å². The Kier molecular flexibility index (Phi) is 5.30. The van der Waals surface area contributed by atoms with E-state index in [1.54, 1.807) is 11.8 Å². The van der Waals surface area contributed by atoms with Crippen molar-refractivity contribution < 1.29 is 23.1 Å². The fraction of sp³-hybridized carbons (Fsp3) is 0.467. The van der Waals surface area contributed by atoms with Crippen molar-refractivity contribution in [3.63, 3.8) is 0 Å². The van der Waals surface area contributed by atoms with Gasteiger partial charge < -0.3 is 15.0 Å². The highest BCUT2D eigenvalue weighted by Gasteiger charge is 2.28. The van der Waals surface area contributed by atoms with E-state index in [-0.39, 0.29) is 23.6 Å². The molecule has 1 aromatic carbocycles. The standard InChI is InChI=1S/C15H18F2N2O3/c1-2-22-15(21)19-7-5-10(6-8-19)14(20)18-11-3-4-12(16)13(17)9-11/h3-4,9-10H,2,5-8H2,1H3,(H,18,20). The molecule has 2 amide bonds. The summed E-state index contributed by atoms with van der Waals surface area (Å²) in [5.74, 6) is -2.48. The summed E-state index contributed by atoms with van der Waals surface area (Å²) in [6.45, 7) is 2.93. The maximum absolute atomic E-state index is 13.1. The number of halogens is 2. The lowest BCUT2D eigenvalue weighted by atomic mass is 9.96. The van der Waals surface area contributed by atoms with Gasteiger partial charge in [0.15, 0.2) is 11.6 Å². The van der Waals surface area contributed by atoms with Crippen LogP contribution in [0.1, 0.15) is 19.8 Å². The predicted molar refractivity (Wildman–Crippen MR) is 76.3 cm³/mol. The summed E-state index contributed by atoms with van der Waals surface area (Å²) >= 11 is 0. The van der Waals surface area contributed by atoms with E-state index < -0.39 is 11.6 Å². The molecule has 1 aliphatic heterocycles. The quantitative estimate of drug-likeness (QED) is 0.933. The smallest absolute Gasteiger partial charge is 0.409 e. The minimum atomic E-state index is -1.00. The Morgan fingerprint density at radius 2 is 1.95 bits per heavy atom. The molecule has 0 unspecified atom stereocenters. The lowest BCUT2D eigenvalue weighted by Gasteiger charge is -2.30. The first-order valence-corrected chi connectivity index (χ1v) is 7.19. The first kappa shape index (κ1) is 16.2. The second-order valence-corrected chi connectivity index (χ2v) is 5.08. The molecule has 5 nitrogen and oxygen atoms in total. The van der Waals surface area contributed by atoms with E-state index in [9.17, 15) is 18.4 Å². The second kappa shape index (κ2) is 7.20. The van der Waals surface area contributed by atoms with Crippen LogP contribution in [-0.4, -0.2) is 36.6 Å². The molecular formula is C15H18F2N2O3. The van der Waals surface area contributed by atoms with Crippen molar-refractivity contribution in [2.45, 2.75) is 19.8 Å². The van der Waals surface area contributed by atoms with E-state index in [0.29, 0.717) is 32.5 Å². The van der Waals surface area contributed by atoms with E-state index in [2.05, 4.69) is 5.32 Å². The summed E-state index contributed by atoms with van der Waals surface area (Å²) in [6.07, 6.45) is 0.643. The molecule has 120 valence electrons. The van der Waals surface area contributed by atoms with Crippen LogP contribution in [0, 0.1) is 17.6 Å². The van der Waals surface area contributed by atoms with Crippen molar-refractivity contribution in [1.29, 1.82) is 0 Å². The van der Waals surface area contributed by atoms with Crippen LogP contribution in [0.25, 0.3) is 0 Å². The number of hydrogen-bond donors (Lipinski definition) is 1. The molecule has 1 aliphatic rings. The molecule has 2 rings (SSSR count). The van der Waals surface area contributed by atoms with Gasteiger partial charge in [0.2, 0.25) is 5.91 Å². The monoisotopic (exact) mass is 312 g/mol. The molecule has 0 atom stereocenters. The van der Waals surface area contributed by atoms with E-state index in [1.807, 2.05) is 0 Å². The number of carbonyl (C=O) groups is 2. The third-order valence-electron chi connectivity index (χ3n) is 3.58. The number of benzene rings is 1. The average Bonchev–Trinajstić information content (AvgIpc) is 2.51. The fourth-order valence-corrected chi connectivity index (χ4v) is 2.36. The Labute approximate surface area is 127 Å². The highest BCUT2D eigenvalue weighted by atomic mass is 19.2. The Morgan fingerprint density at radius 3 is 2.55 bits per heavy atom. The molecule has 0 saturated carbocycles. The minimum absolute atomic E-state index is 0.219. The number of piperidine rings is 1. The lowest BCUT2D eigenvalue weighted by molar-refractivity contribution is -0.121. The number of nitrogens with zero attached hydrogens (tertiary/aromatic N) is 1. The Bertz CT molecular complexity index is 558.